The van der Waals surface area contributed by atoms with E-state index in [-0.39, 0.29) is 4.90 Å². The number of imidazole rings is 1. The van der Waals surface area contributed by atoms with Crippen LogP contribution in [0.3, 0.4) is 0 Å². The van der Waals surface area contributed by atoms with Gasteiger partial charge in [0.25, 0.3) is 10.0 Å². The minimum absolute atomic E-state index is 0.0778. The maximum Gasteiger partial charge on any atom is 0.264 e. The van der Waals surface area contributed by atoms with Crippen molar-refractivity contribution in [1.29, 1.82) is 0 Å². The summed E-state index contributed by atoms with van der Waals surface area (Å²) in [5, 5.41) is 13.7. The molecule has 10 heteroatoms. The van der Waals surface area contributed by atoms with Gasteiger partial charge in [0.2, 0.25) is 5.91 Å². The number of halogens is 1. The van der Waals surface area contributed by atoms with Gasteiger partial charge in [-0.25, -0.2) is 18.1 Å². The first-order valence-electron chi connectivity index (χ1n) is 7.47. The number of nitrogens with zero attached hydrogens (tertiary/aromatic N) is 2. The standard InChI is InChI=1S/C16H15ClN4O4S/c1-10(22)20-26(24,25)13-5-2-11(3-6-13)16(23)19-14-9-21-8-12(17)4-7-15(21)18-14/h2-9,16,19,23H,1H3,(H,20,22). The number of rotatable bonds is 5. The van der Waals surface area contributed by atoms with Crippen molar-refractivity contribution in [2.75, 3.05) is 5.32 Å². The molecule has 3 N–H and O–H groups in total. The average Bonchev–Trinajstić information content (AvgIpc) is 2.95. The summed E-state index contributed by atoms with van der Waals surface area (Å²) in [6.45, 7) is 1.11. The van der Waals surface area contributed by atoms with E-state index in [2.05, 4.69) is 10.3 Å². The Morgan fingerprint density at radius 1 is 1.19 bits per heavy atom. The average molecular weight is 395 g/mol. The predicted molar refractivity (Wildman–Crippen MR) is 96.2 cm³/mol. The Hall–Kier alpha value is -2.62. The molecule has 0 saturated heterocycles. The molecule has 0 bridgehead atoms. The first kappa shape index (κ1) is 18.2. The van der Waals surface area contributed by atoms with Gasteiger partial charge in [-0.05, 0) is 24.3 Å². The Morgan fingerprint density at radius 2 is 1.88 bits per heavy atom. The van der Waals surface area contributed by atoms with Gasteiger partial charge in [0, 0.05) is 18.7 Å². The minimum atomic E-state index is -3.91. The van der Waals surface area contributed by atoms with E-state index in [1.807, 2.05) is 4.72 Å². The van der Waals surface area contributed by atoms with Gasteiger partial charge in [-0.3, -0.25) is 4.79 Å². The number of amides is 1. The van der Waals surface area contributed by atoms with Crippen molar-refractivity contribution >= 4 is 39.0 Å². The molecule has 2 heterocycles. The molecular formula is C16H15ClN4O4S. The second-order valence-corrected chi connectivity index (χ2v) is 7.64. The number of nitrogens with one attached hydrogen (secondary N) is 2. The van der Waals surface area contributed by atoms with Gasteiger partial charge in [-0.2, -0.15) is 0 Å². The summed E-state index contributed by atoms with van der Waals surface area (Å²) >= 11 is 5.92. The maximum absolute atomic E-state index is 11.9. The summed E-state index contributed by atoms with van der Waals surface area (Å²) < 4.78 is 27.4. The lowest BCUT2D eigenvalue weighted by Gasteiger charge is -2.13. The van der Waals surface area contributed by atoms with E-state index in [0.717, 1.165) is 6.92 Å². The SMILES string of the molecule is CC(=O)NS(=O)(=O)c1ccc(C(O)Nc2cn3cc(Cl)ccc3n2)cc1. The van der Waals surface area contributed by atoms with Gasteiger partial charge >= 0.3 is 0 Å². The summed E-state index contributed by atoms with van der Waals surface area (Å²) in [5.74, 6) is -0.252. The molecule has 0 aliphatic carbocycles. The van der Waals surface area contributed by atoms with E-state index in [1.54, 1.807) is 28.9 Å². The van der Waals surface area contributed by atoms with Gasteiger partial charge in [0.1, 0.15) is 11.5 Å². The highest BCUT2D eigenvalue weighted by Crippen LogP contribution is 2.20. The second kappa shape index (κ2) is 6.94. The third-order valence-corrected chi connectivity index (χ3v) is 5.16. The third kappa shape index (κ3) is 3.96. The fraction of sp³-hybridized carbons (Fsp3) is 0.125. The number of pyridine rings is 1. The number of aromatic nitrogens is 2. The van der Waals surface area contributed by atoms with Crippen LogP contribution in [0.1, 0.15) is 18.7 Å². The third-order valence-electron chi connectivity index (χ3n) is 3.48. The van der Waals surface area contributed by atoms with Crippen LogP contribution in [0.2, 0.25) is 5.02 Å². The Balaban J connectivity index is 1.77. The van der Waals surface area contributed by atoms with E-state index in [9.17, 15) is 18.3 Å². The molecule has 1 atom stereocenters. The highest BCUT2D eigenvalue weighted by molar-refractivity contribution is 7.90. The number of anilines is 1. The molecule has 1 aromatic carbocycles. The molecule has 1 unspecified atom stereocenters. The Kier molecular flexibility index (Phi) is 4.86. The largest absolute Gasteiger partial charge is 0.369 e. The molecular weight excluding hydrogens is 380 g/mol. The summed E-state index contributed by atoms with van der Waals surface area (Å²) in [4.78, 5) is 15.2. The molecule has 0 saturated carbocycles. The highest BCUT2D eigenvalue weighted by atomic mass is 35.5. The van der Waals surface area contributed by atoms with Gasteiger partial charge in [0.05, 0.1) is 16.1 Å². The molecule has 1 amide bonds. The number of aliphatic hydroxyl groups excluding tert-OH is 1. The molecule has 0 spiro atoms. The highest BCUT2D eigenvalue weighted by Gasteiger charge is 2.16. The van der Waals surface area contributed by atoms with Crippen LogP contribution in [-0.2, 0) is 14.8 Å². The Morgan fingerprint density at radius 3 is 2.54 bits per heavy atom. The number of benzene rings is 1. The van der Waals surface area contributed by atoms with Crippen LogP contribution >= 0.6 is 11.6 Å². The number of fused-ring (bicyclic) bond motifs is 1. The molecule has 26 heavy (non-hydrogen) atoms. The predicted octanol–water partition coefficient (Wildman–Crippen LogP) is 1.92. The molecule has 136 valence electrons. The fourth-order valence-electron chi connectivity index (χ4n) is 2.34. The minimum Gasteiger partial charge on any atom is -0.369 e. The molecule has 3 rings (SSSR count). The molecule has 0 radical (unpaired) electrons. The van der Waals surface area contributed by atoms with Crippen molar-refractivity contribution in [2.24, 2.45) is 0 Å². The van der Waals surface area contributed by atoms with Gasteiger partial charge in [0.15, 0.2) is 6.23 Å². The summed E-state index contributed by atoms with van der Waals surface area (Å²) in [6, 6.07) is 8.93. The zero-order chi connectivity index (χ0) is 18.9. The summed E-state index contributed by atoms with van der Waals surface area (Å²) in [6.07, 6.45) is 2.25. The van der Waals surface area contributed by atoms with Crippen molar-refractivity contribution in [2.45, 2.75) is 18.0 Å². The number of aliphatic hydroxyl groups is 1. The van der Waals surface area contributed by atoms with Crippen molar-refractivity contribution in [3.8, 4) is 0 Å². The van der Waals surface area contributed by atoms with E-state index < -0.39 is 22.2 Å². The van der Waals surface area contributed by atoms with Crippen LogP contribution in [0.15, 0.2) is 53.7 Å². The molecule has 3 aromatic rings. The number of carbonyl (C=O) groups excluding carboxylic acids is 1. The van der Waals surface area contributed by atoms with Crippen molar-refractivity contribution in [3.05, 3.63) is 59.4 Å². The summed E-state index contributed by atoms with van der Waals surface area (Å²) in [5.41, 5.74) is 1.09. The monoisotopic (exact) mass is 394 g/mol. The topological polar surface area (TPSA) is 113 Å². The van der Waals surface area contributed by atoms with Gasteiger partial charge in [-0.15, -0.1) is 0 Å². The lowest BCUT2D eigenvalue weighted by molar-refractivity contribution is -0.117. The van der Waals surface area contributed by atoms with Crippen molar-refractivity contribution < 1.29 is 18.3 Å². The second-order valence-electron chi connectivity index (χ2n) is 5.52. The Labute approximate surface area is 154 Å². The van der Waals surface area contributed by atoms with E-state index in [0.29, 0.717) is 22.1 Å². The van der Waals surface area contributed by atoms with E-state index in [1.165, 1.54) is 24.3 Å². The molecule has 2 aromatic heterocycles. The lowest BCUT2D eigenvalue weighted by atomic mass is 10.2. The number of sulfonamides is 1. The first-order chi connectivity index (χ1) is 12.2. The van der Waals surface area contributed by atoms with Crippen LogP contribution in [0, 0.1) is 0 Å². The molecule has 8 nitrogen and oxygen atoms in total. The summed E-state index contributed by atoms with van der Waals surface area (Å²) in [7, 11) is -3.91. The first-order valence-corrected chi connectivity index (χ1v) is 9.33. The lowest BCUT2D eigenvalue weighted by Crippen LogP contribution is -2.28. The normalized spacial score (nSPS) is 12.7. The van der Waals surface area contributed by atoms with Crippen LogP contribution in [-0.4, -0.2) is 28.8 Å². The van der Waals surface area contributed by atoms with Crippen molar-refractivity contribution in [1.82, 2.24) is 14.1 Å². The van der Waals surface area contributed by atoms with Gasteiger partial charge in [-0.1, -0.05) is 23.7 Å². The van der Waals surface area contributed by atoms with Crippen LogP contribution < -0.4 is 10.0 Å². The maximum atomic E-state index is 11.9. The number of hydrogen-bond donors (Lipinski definition) is 3. The Bertz CT molecular complexity index is 1060. The van der Waals surface area contributed by atoms with E-state index >= 15 is 0 Å². The van der Waals surface area contributed by atoms with Crippen LogP contribution in [0.4, 0.5) is 5.82 Å². The van der Waals surface area contributed by atoms with Gasteiger partial charge < -0.3 is 14.8 Å². The van der Waals surface area contributed by atoms with Crippen LogP contribution in [0.5, 0.6) is 0 Å². The number of hydrogen-bond acceptors (Lipinski definition) is 6. The number of carbonyl (C=O) groups is 1. The van der Waals surface area contributed by atoms with Crippen molar-refractivity contribution in [3.63, 3.8) is 0 Å². The zero-order valence-corrected chi connectivity index (χ0v) is 15.1. The smallest absolute Gasteiger partial charge is 0.264 e. The fourth-order valence-corrected chi connectivity index (χ4v) is 3.49. The molecule has 0 aliphatic rings. The van der Waals surface area contributed by atoms with E-state index in [4.69, 9.17) is 11.6 Å². The quantitative estimate of drug-likeness (QED) is 0.570. The molecule has 0 fully saturated rings. The van der Waals surface area contributed by atoms with Crippen LogP contribution in [0.25, 0.3) is 5.65 Å². The zero-order valence-electron chi connectivity index (χ0n) is 13.5. The molecule has 0 aliphatic heterocycles.